The van der Waals surface area contributed by atoms with Crippen LogP contribution in [-0.4, -0.2) is 11.9 Å². The van der Waals surface area contributed by atoms with Crippen LogP contribution in [0.1, 0.15) is 59.3 Å². The third-order valence-electron chi connectivity index (χ3n) is 3.23. The SMILES string of the molecule is CC(C)CCCC(C)CCC(CC(=O)[O-])C(=O)[O-]. The molecule has 0 aromatic rings. The molecule has 0 heterocycles. The molecular formula is C14H24O4-2. The van der Waals surface area contributed by atoms with Gasteiger partial charge in [0, 0.05) is 17.9 Å². The van der Waals surface area contributed by atoms with Gasteiger partial charge in [-0.2, -0.15) is 0 Å². The van der Waals surface area contributed by atoms with E-state index in [1.807, 2.05) is 0 Å². The molecule has 0 rings (SSSR count). The normalized spacial score (nSPS) is 14.4. The number of hydrogen-bond donors (Lipinski definition) is 0. The maximum absolute atomic E-state index is 10.7. The highest BCUT2D eigenvalue weighted by Gasteiger charge is 2.12. The van der Waals surface area contributed by atoms with E-state index in [1.54, 1.807) is 0 Å². The first-order valence-electron chi connectivity index (χ1n) is 6.73. The van der Waals surface area contributed by atoms with E-state index in [4.69, 9.17) is 0 Å². The summed E-state index contributed by atoms with van der Waals surface area (Å²) in [6.45, 7) is 6.43. The second-order valence-electron chi connectivity index (χ2n) is 5.60. The second kappa shape index (κ2) is 8.95. The lowest BCUT2D eigenvalue weighted by Crippen LogP contribution is -2.36. The zero-order valence-corrected chi connectivity index (χ0v) is 11.6. The van der Waals surface area contributed by atoms with Crippen molar-refractivity contribution in [2.24, 2.45) is 17.8 Å². The van der Waals surface area contributed by atoms with Gasteiger partial charge in [-0.05, 0) is 24.7 Å². The Kier molecular flexibility index (Phi) is 8.42. The quantitative estimate of drug-likeness (QED) is 0.577. The molecule has 0 N–H and O–H groups in total. The molecule has 0 aromatic heterocycles. The molecule has 0 fully saturated rings. The van der Waals surface area contributed by atoms with Gasteiger partial charge in [0.05, 0.1) is 0 Å². The fourth-order valence-corrected chi connectivity index (χ4v) is 2.01. The van der Waals surface area contributed by atoms with E-state index in [0.717, 1.165) is 19.3 Å². The summed E-state index contributed by atoms with van der Waals surface area (Å²) in [5, 5.41) is 21.2. The summed E-state index contributed by atoms with van der Waals surface area (Å²) >= 11 is 0. The van der Waals surface area contributed by atoms with Crippen molar-refractivity contribution in [2.75, 3.05) is 0 Å². The molecule has 2 atom stereocenters. The van der Waals surface area contributed by atoms with E-state index in [-0.39, 0.29) is 0 Å². The predicted octanol–water partition coefficient (Wildman–Crippen LogP) is 0.735. The van der Waals surface area contributed by atoms with Crippen molar-refractivity contribution in [1.29, 1.82) is 0 Å². The van der Waals surface area contributed by atoms with E-state index in [1.165, 1.54) is 6.42 Å². The number of aliphatic carboxylic acids is 2. The Labute approximate surface area is 109 Å². The molecule has 0 aliphatic carbocycles. The molecule has 18 heavy (non-hydrogen) atoms. The first-order valence-corrected chi connectivity index (χ1v) is 6.73. The lowest BCUT2D eigenvalue weighted by molar-refractivity contribution is -0.321. The molecule has 0 amide bonds. The Bertz CT molecular complexity index is 261. The average molecular weight is 256 g/mol. The van der Waals surface area contributed by atoms with Crippen molar-refractivity contribution < 1.29 is 19.8 Å². The van der Waals surface area contributed by atoms with Gasteiger partial charge in [-0.1, -0.05) is 46.5 Å². The number of carboxylic acids is 2. The fraction of sp³-hybridized carbons (Fsp3) is 0.857. The van der Waals surface area contributed by atoms with Gasteiger partial charge in [0.2, 0.25) is 0 Å². The molecule has 0 spiro atoms. The fourth-order valence-electron chi connectivity index (χ4n) is 2.01. The molecule has 0 bridgehead atoms. The van der Waals surface area contributed by atoms with Crippen molar-refractivity contribution in [3.8, 4) is 0 Å². The Balaban J connectivity index is 3.88. The summed E-state index contributed by atoms with van der Waals surface area (Å²) in [6, 6.07) is 0. The molecule has 4 heteroatoms. The topological polar surface area (TPSA) is 80.3 Å². The highest BCUT2D eigenvalue weighted by molar-refractivity contribution is 5.75. The molecule has 0 saturated carbocycles. The van der Waals surface area contributed by atoms with E-state index < -0.39 is 24.3 Å². The average Bonchev–Trinajstić information content (AvgIpc) is 2.22. The predicted molar refractivity (Wildman–Crippen MR) is 65.2 cm³/mol. The Morgan fingerprint density at radius 1 is 0.944 bits per heavy atom. The minimum atomic E-state index is -1.32. The lowest BCUT2D eigenvalue weighted by Gasteiger charge is -2.20. The number of carbonyl (C=O) groups excluding carboxylic acids is 2. The van der Waals surface area contributed by atoms with Crippen LogP contribution in [0.4, 0.5) is 0 Å². The zero-order valence-electron chi connectivity index (χ0n) is 11.6. The van der Waals surface area contributed by atoms with E-state index in [0.29, 0.717) is 18.3 Å². The van der Waals surface area contributed by atoms with Crippen LogP contribution in [0.3, 0.4) is 0 Å². The van der Waals surface area contributed by atoms with E-state index in [2.05, 4.69) is 20.8 Å². The van der Waals surface area contributed by atoms with Crippen molar-refractivity contribution in [3.63, 3.8) is 0 Å². The Hall–Kier alpha value is -1.06. The lowest BCUT2D eigenvalue weighted by atomic mass is 9.91. The molecular weight excluding hydrogens is 232 g/mol. The maximum atomic E-state index is 10.7. The number of carboxylic acid groups (broad SMARTS) is 2. The van der Waals surface area contributed by atoms with Gasteiger partial charge >= 0.3 is 0 Å². The number of hydrogen-bond acceptors (Lipinski definition) is 4. The highest BCUT2D eigenvalue weighted by atomic mass is 16.4. The molecule has 0 radical (unpaired) electrons. The molecule has 0 aromatic carbocycles. The van der Waals surface area contributed by atoms with Gasteiger partial charge in [0.1, 0.15) is 0 Å². The monoisotopic (exact) mass is 256 g/mol. The van der Waals surface area contributed by atoms with Crippen LogP contribution in [0.5, 0.6) is 0 Å². The van der Waals surface area contributed by atoms with E-state index >= 15 is 0 Å². The second-order valence-corrected chi connectivity index (χ2v) is 5.60. The molecule has 0 saturated heterocycles. The maximum Gasteiger partial charge on any atom is 0.0449 e. The smallest absolute Gasteiger partial charge is 0.0449 e. The van der Waals surface area contributed by atoms with Crippen LogP contribution in [0.2, 0.25) is 0 Å². The standard InChI is InChI=1S/C14H26O4/c1-10(2)5-4-6-11(3)7-8-12(14(17)18)9-13(15)16/h10-12H,4-9H2,1-3H3,(H,15,16)(H,17,18)/p-2. The first kappa shape index (κ1) is 16.9. The number of rotatable bonds is 10. The van der Waals surface area contributed by atoms with Crippen LogP contribution >= 0.6 is 0 Å². The highest BCUT2D eigenvalue weighted by Crippen LogP contribution is 2.20. The minimum absolute atomic E-state index is 0.360. The van der Waals surface area contributed by atoms with Gasteiger partial charge in [0.15, 0.2) is 0 Å². The van der Waals surface area contributed by atoms with Crippen LogP contribution < -0.4 is 10.2 Å². The Morgan fingerprint density at radius 3 is 2.00 bits per heavy atom. The minimum Gasteiger partial charge on any atom is -0.550 e. The van der Waals surface area contributed by atoms with Crippen LogP contribution in [0.15, 0.2) is 0 Å². The Morgan fingerprint density at radius 2 is 1.56 bits per heavy atom. The first-order chi connectivity index (χ1) is 8.32. The molecule has 2 unspecified atom stereocenters. The largest absolute Gasteiger partial charge is 0.550 e. The summed E-state index contributed by atoms with van der Waals surface area (Å²) in [4.78, 5) is 21.2. The number of carbonyl (C=O) groups is 2. The van der Waals surface area contributed by atoms with Gasteiger partial charge in [0.25, 0.3) is 0 Å². The van der Waals surface area contributed by atoms with Gasteiger partial charge in [-0.3, -0.25) is 0 Å². The van der Waals surface area contributed by atoms with Crippen LogP contribution in [0, 0.1) is 17.8 Å². The van der Waals surface area contributed by atoms with Crippen molar-refractivity contribution >= 4 is 11.9 Å². The summed E-state index contributed by atoms with van der Waals surface area (Å²) in [5.41, 5.74) is 0. The molecule has 4 nitrogen and oxygen atoms in total. The third-order valence-corrected chi connectivity index (χ3v) is 3.23. The van der Waals surface area contributed by atoms with Crippen molar-refractivity contribution in [1.82, 2.24) is 0 Å². The van der Waals surface area contributed by atoms with E-state index in [9.17, 15) is 19.8 Å². The van der Waals surface area contributed by atoms with Crippen molar-refractivity contribution in [3.05, 3.63) is 0 Å². The zero-order chi connectivity index (χ0) is 14.1. The molecule has 0 aliphatic rings. The van der Waals surface area contributed by atoms with Gasteiger partial charge < -0.3 is 19.8 Å². The third kappa shape index (κ3) is 9.02. The summed E-state index contributed by atoms with van der Waals surface area (Å²) < 4.78 is 0. The molecule has 0 aliphatic heterocycles. The van der Waals surface area contributed by atoms with Gasteiger partial charge in [-0.25, -0.2) is 0 Å². The van der Waals surface area contributed by atoms with Crippen LogP contribution in [0.25, 0.3) is 0 Å². The summed E-state index contributed by atoms with van der Waals surface area (Å²) in [7, 11) is 0. The van der Waals surface area contributed by atoms with Gasteiger partial charge in [-0.15, -0.1) is 0 Å². The van der Waals surface area contributed by atoms with Crippen molar-refractivity contribution in [2.45, 2.75) is 59.3 Å². The summed E-state index contributed by atoms with van der Waals surface area (Å²) in [6.07, 6.45) is 4.01. The molecule has 106 valence electrons. The van der Waals surface area contributed by atoms with Crippen LogP contribution in [-0.2, 0) is 9.59 Å². The summed E-state index contributed by atoms with van der Waals surface area (Å²) in [5.74, 6) is -2.41.